The Balaban J connectivity index is 2.06. The lowest BCUT2D eigenvalue weighted by Crippen LogP contribution is -2.52. The Hall–Kier alpha value is -4.61. The summed E-state index contributed by atoms with van der Waals surface area (Å²) in [4.78, 5) is 57.5. The molecule has 1 aromatic heterocycles. The molecule has 2 aromatic carbocycles. The SMILES string of the molecule is [2H]C([2H])([2H])C(C)([C@H](NC(=O)OC)C(=O)C[C@@H](Cc1ccccc1)[C@@H](O)CN(Cc1ccc(-c2ccccn2)cc1)NC(=O)[C@@H](CC(=O)OC)C(C)(C)C)C([2H])([2H])[2H]. The summed E-state index contributed by atoms with van der Waals surface area (Å²) in [6.45, 7) is -0.396. The second kappa shape index (κ2) is 18.6. The Kier molecular flexibility index (Phi) is 11.8. The Labute approximate surface area is 310 Å². The number of esters is 1. The lowest BCUT2D eigenvalue weighted by molar-refractivity contribution is -0.148. The molecule has 2 amide bonds. The number of benzene rings is 2. The number of Topliss-reactive ketones (excluding diaryl/α,β-unsaturated/α-hetero) is 1. The summed E-state index contributed by atoms with van der Waals surface area (Å²) in [6, 6.07) is 19.7. The highest BCUT2D eigenvalue weighted by molar-refractivity contribution is 5.88. The number of ether oxygens (including phenoxy) is 2. The van der Waals surface area contributed by atoms with Crippen LogP contribution in [0.15, 0.2) is 79.0 Å². The quantitative estimate of drug-likeness (QED) is 0.125. The van der Waals surface area contributed by atoms with Crippen molar-refractivity contribution in [3.05, 3.63) is 90.1 Å². The molecule has 3 rings (SSSR count). The minimum atomic E-state index is -3.26. The summed E-state index contributed by atoms with van der Waals surface area (Å²) in [5, 5.41) is 15.7. The van der Waals surface area contributed by atoms with Gasteiger partial charge in [-0.05, 0) is 46.4 Å². The third-order valence-electron chi connectivity index (χ3n) is 8.62. The van der Waals surface area contributed by atoms with E-state index in [0.717, 1.165) is 30.9 Å². The van der Waals surface area contributed by atoms with Gasteiger partial charge in [0.15, 0.2) is 5.78 Å². The number of nitrogens with one attached hydrogen (secondary N) is 2. The molecule has 276 valence electrons. The maximum Gasteiger partial charge on any atom is 0.407 e. The molecule has 0 unspecified atom stereocenters. The number of hydrogen-bond donors (Lipinski definition) is 3. The first-order valence-corrected chi connectivity index (χ1v) is 16.7. The Morgan fingerprint density at radius 2 is 1.53 bits per heavy atom. The van der Waals surface area contributed by atoms with Crippen LogP contribution < -0.4 is 10.7 Å². The van der Waals surface area contributed by atoms with E-state index in [1.54, 1.807) is 36.5 Å². The number of ketones is 1. The molecule has 0 aliphatic carbocycles. The Bertz CT molecular complexity index is 1770. The fraction of sp³-hybridized carbons (Fsp3) is 0.475. The van der Waals surface area contributed by atoms with Gasteiger partial charge in [-0.25, -0.2) is 9.80 Å². The van der Waals surface area contributed by atoms with Crippen molar-refractivity contribution in [3.63, 3.8) is 0 Å². The second-order valence-electron chi connectivity index (χ2n) is 13.9. The van der Waals surface area contributed by atoms with Gasteiger partial charge < -0.3 is 19.9 Å². The predicted molar refractivity (Wildman–Crippen MR) is 196 cm³/mol. The highest BCUT2D eigenvalue weighted by atomic mass is 16.5. The van der Waals surface area contributed by atoms with Crippen LogP contribution in [-0.4, -0.2) is 71.8 Å². The van der Waals surface area contributed by atoms with Crippen LogP contribution in [0.25, 0.3) is 11.3 Å². The van der Waals surface area contributed by atoms with Crippen molar-refractivity contribution >= 4 is 23.8 Å². The van der Waals surface area contributed by atoms with Gasteiger partial charge in [0.25, 0.3) is 0 Å². The molecule has 0 aliphatic rings. The summed E-state index contributed by atoms with van der Waals surface area (Å²) in [5.74, 6) is -3.89. The smallest absolute Gasteiger partial charge is 0.407 e. The molecule has 0 radical (unpaired) electrons. The number of methoxy groups -OCH3 is 2. The highest BCUT2D eigenvalue weighted by Gasteiger charge is 2.37. The van der Waals surface area contributed by atoms with Gasteiger partial charge in [0.05, 0.1) is 44.4 Å². The zero-order valence-electron chi connectivity index (χ0n) is 36.1. The monoisotopic (exact) mass is 708 g/mol. The van der Waals surface area contributed by atoms with Crippen molar-refractivity contribution in [2.75, 3.05) is 20.8 Å². The maximum absolute atomic E-state index is 14.3. The van der Waals surface area contributed by atoms with Gasteiger partial charge in [0.1, 0.15) is 0 Å². The van der Waals surface area contributed by atoms with Gasteiger partial charge in [-0.3, -0.25) is 24.8 Å². The van der Waals surface area contributed by atoms with E-state index in [-0.39, 0.29) is 25.9 Å². The van der Waals surface area contributed by atoms with E-state index in [1.807, 2.05) is 63.2 Å². The summed E-state index contributed by atoms with van der Waals surface area (Å²) >= 11 is 0. The van der Waals surface area contributed by atoms with Gasteiger partial charge in [-0.15, -0.1) is 0 Å². The van der Waals surface area contributed by atoms with Crippen LogP contribution >= 0.6 is 0 Å². The van der Waals surface area contributed by atoms with Gasteiger partial charge >= 0.3 is 12.1 Å². The summed E-state index contributed by atoms with van der Waals surface area (Å²) < 4.78 is 58.6. The average Bonchev–Trinajstić information content (AvgIpc) is 3.14. The van der Waals surface area contributed by atoms with Crippen molar-refractivity contribution in [1.29, 1.82) is 0 Å². The van der Waals surface area contributed by atoms with E-state index < -0.39 is 78.7 Å². The molecule has 0 saturated carbocycles. The first-order valence-electron chi connectivity index (χ1n) is 19.7. The number of amides is 2. The fourth-order valence-electron chi connectivity index (χ4n) is 5.70. The van der Waals surface area contributed by atoms with E-state index in [0.29, 0.717) is 5.56 Å². The summed E-state index contributed by atoms with van der Waals surface area (Å²) in [7, 11) is 2.22. The van der Waals surface area contributed by atoms with Crippen molar-refractivity contribution < 1.29 is 42.0 Å². The largest absolute Gasteiger partial charge is 0.469 e. The molecule has 4 atom stereocenters. The van der Waals surface area contributed by atoms with Crippen molar-refractivity contribution in [1.82, 2.24) is 20.7 Å². The number of aliphatic hydroxyl groups is 1. The molecule has 51 heavy (non-hydrogen) atoms. The first-order chi connectivity index (χ1) is 26.5. The average molecular weight is 709 g/mol. The van der Waals surface area contributed by atoms with Crippen LogP contribution in [0.3, 0.4) is 0 Å². The van der Waals surface area contributed by atoms with Crippen LogP contribution in [0.5, 0.6) is 0 Å². The lowest BCUT2D eigenvalue weighted by atomic mass is 9.78. The molecule has 0 saturated heterocycles. The highest BCUT2D eigenvalue weighted by Crippen LogP contribution is 2.30. The van der Waals surface area contributed by atoms with Crippen LogP contribution in [0.1, 0.15) is 73.6 Å². The van der Waals surface area contributed by atoms with Gasteiger partial charge in [-0.2, -0.15) is 0 Å². The van der Waals surface area contributed by atoms with Crippen LogP contribution in [0.4, 0.5) is 4.79 Å². The van der Waals surface area contributed by atoms with Gasteiger partial charge in [0, 0.05) is 39.5 Å². The zero-order chi connectivity index (χ0) is 42.8. The van der Waals surface area contributed by atoms with Crippen molar-refractivity contribution in [2.45, 2.75) is 79.4 Å². The normalized spacial score (nSPS) is 16.4. The molecule has 11 nitrogen and oxygen atoms in total. The number of nitrogens with zero attached hydrogens (tertiary/aromatic N) is 2. The number of hydrogen-bond acceptors (Lipinski definition) is 9. The fourth-order valence-corrected chi connectivity index (χ4v) is 5.70. The molecular weight excluding hydrogens is 648 g/mol. The number of hydrazine groups is 1. The molecule has 0 fully saturated rings. The van der Waals surface area contributed by atoms with Crippen molar-refractivity contribution in [2.24, 2.45) is 22.7 Å². The number of carbonyl (C=O) groups is 4. The molecule has 11 heteroatoms. The molecule has 0 spiro atoms. The van der Waals surface area contributed by atoms with E-state index in [2.05, 4.69) is 20.5 Å². The molecule has 0 aliphatic heterocycles. The van der Waals surface area contributed by atoms with E-state index in [4.69, 9.17) is 13.0 Å². The number of rotatable bonds is 16. The molecule has 0 bridgehead atoms. The predicted octanol–water partition coefficient (Wildman–Crippen LogP) is 5.76. The van der Waals surface area contributed by atoms with Crippen LogP contribution in [0.2, 0.25) is 0 Å². The number of pyridine rings is 1. The number of aliphatic hydroxyl groups excluding tert-OH is 1. The van der Waals surface area contributed by atoms with Crippen LogP contribution in [0, 0.1) is 22.7 Å². The summed E-state index contributed by atoms with van der Waals surface area (Å²) in [5.41, 5.74) is 2.47. The molecular formula is C40H54N4O7. The van der Waals surface area contributed by atoms with Gasteiger partial charge in [0.2, 0.25) is 5.91 Å². The lowest BCUT2D eigenvalue weighted by Gasteiger charge is -2.35. The first kappa shape index (κ1) is 32.3. The van der Waals surface area contributed by atoms with E-state index in [9.17, 15) is 24.3 Å². The Morgan fingerprint density at radius 1 is 0.863 bits per heavy atom. The molecule has 3 aromatic rings. The number of aromatic nitrogens is 1. The van der Waals surface area contributed by atoms with Crippen LogP contribution in [-0.2, 0) is 36.8 Å². The van der Waals surface area contributed by atoms with E-state index >= 15 is 0 Å². The number of alkyl carbamates (subject to hydrolysis) is 1. The molecule has 3 N–H and O–H groups in total. The minimum Gasteiger partial charge on any atom is -0.469 e. The third kappa shape index (κ3) is 12.9. The number of carbonyl (C=O) groups excluding carboxylic acids is 4. The summed E-state index contributed by atoms with van der Waals surface area (Å²) in [6.07, 6.45) is -1.64. The standard InChI is InChI=1S/C40H54N4O7/c1-39(2,3)31(24-35(47)50-7)37(48)43-44(25-28-17-19-29(20-18-28)32-16-12-13-21-41-32)26-34(46)30(22-27-14-10-9-11-15-27)23-33(45)36(40(4,5)6)42-38(49)51-8/h9-21,30-31,34,36,46H,22-26H2,1-8H3,(H,42,49)(H,43,48)/t30-,31-,34+,36-/m1/s1/i4D3,5D3. The Morgan fingerprint density at radius 3 is 2.10 bits per heavy atom. The zero-order valence-corrected chi connectivity index (χ0v) is 30.1. The van der Waals surface area contributed by atoms with E-state index in [1.165, 1.54) is 12.1 Å². The molecule has 1 heterocycles. The minimum absolute atomic E-state index is 0.0646. The third-order valence-corrected chi connectivity index (χ3v) is 8.62. The maximum atomic E-state index is 14.3. The topological polar surface area (TPSA) is 147 Å². The van der Waals surface area contributed by atoms with Gasteiger partial charge in [-0.1, -0.05) is 102 Å². The van der Waals surface area contributed by atoms with Crippen molar-refractivity contribution in [3.8, 4) is 11.3 Å². The second-order valence-corrected chi connectivity index (χ2v) is 13.9.